The first-order chi connectivity index (χ1) is 9.22. The van der Waals surface area contributed by atoms with Gasteiger partial charge in [0.1, 0.15) is 5.69 Å². The molecule has 0 fully saturated rings. The molecule has 2 aromatic rings. The largest absolute Gasteiger partial charge is 0.347 e. The molecule has 0 radical (unpaired) electrons. The molecule has 0 bridgehead atoms. The average Bonchev–Trinajstić information content (AvgIpc) is 2.94. The molecule has 0 saturated heterocycles. The molecule has 7 nitrogen and oxygen atoms in total. The molecular formula is C12H13N5O2. The Balaban J connectivity index is 2.05. The predicted molar refractivity (Wildman–Crippen MR) is 67.9 cm³/mol. The number of benzene rings is 1. The summed E-state index contributed by atoms with van der Waals surface area (Å²) in [6.45, 7) is 0.363. The summed E-state index contributed by atoms with van der Waals surface area (Å²) in [5, 5.41) is 2.69. The van der Waals surface area contributed by atoms with Crippen molar-refractivity contribution in [2.75, 3.05) is 0 Å². The van der Waals surface area contributed by atoms with Crippen LogP contribution < -0.4 is 16.6 Å². The third kappa shape index (κ3) is 2.96. The minimum absolute atomic E-state index is 0.0342. The molecular weight excluding hydrogens is 246 g/mol. The summed E-state index contributed by atoms with van der Waals surface area (Å²) >= 11 is 0. The van der Waals surface area contributed by atoms with Crippen LogP contribution in [0.4, 0.5) is 0 Å². The predicted octanol–water partition coefficient (Wildman–Crippen LogP) is -0.0568. The zero-order valence-corrected chi connectivity index (χ0v) is 10.0. The van der Waals surface area contributed by atoms with E-state index in [2.05, 4.69) is 15.3 Å². The second kappa shape index (κ2) is 5.78. The number of hydrogen-bond acceptors (Lipinski definition) is 4. The maximum atomic E-state index is 11.9. The van der Waals surface area contributed by atoms with Gasteiger partial charge < -0.3 is 10.3 Å². The number of aromatic nitrogens is 2. The van der Waals surface area contributed by atoms with E-state index in [1.54, 1.807) is 0 Å². The van der Waals surface area contributed by atoms with E-state index in [1.165, 1.54) is 6.33 Å². The van der Waals surface area contributed by atoms with Crippen LogP contribution in [0.1, 0.15) is 26.5 Å². The number of nitrogens with one attached hydrogen (secondary N) is 3. The molecule has 2 amide bonds. The summed E-state index contributed by atoms with van der Waals surface area (Å²) in [4.78, 5) is 29.7. The number of nitrogens with two attached hydrogens (primary N) is 1. The quantitative estimate of drug-likeness (QED) is 0.350. The molecule has 98 valence electrons. The highest BCUT2D eigenvalue weighted by molar-refractivity contribution is 6.04. The van der Waals surface area contributed by atoms with Gasteiger partial charge in [0.05, 0.1) is 6.33 Å². The van der Waals surface area contributed by atoms with Crippen molar-refractivity contribution in [1.29, 1.82) is 0 Å². The van der Waals surface area contributed by atoms with Gasteiger partial charge >= 0.3 is 0 Å². The Labute approximate surface area is 109 Å². The zero-order valence-electron chi connectivity index (χ0n) is 10.0. The summed E-state index contributed by atoms with van der Waals surface area (Å²) in [5.74, 6) is 3.98. The Morgan fingerprint density at radius 1 is 1.21 bits per heavy atom. The SMILES string of the molecule is NNC(=O)c1nc[nH]c1C(=O)NCc1ccccc1. The average molecular weight is 259 g/mol. The number of rotatable bonds is 4. The first-order valence-corrected chi connectivity index (χ1v) is 5.59. The Morgan fingerprint density at radius 2 is 1.95 bits per heavy atom. The fraction of sp³-hybridized carbons (Fsp3) is 0.0833. The van der Waals surface area contributed by atoms with Crippen molar-refractivity contribution in [1.82, 2.24) is 20.7 Å². The van der Waals surface area contributed by atoms with E-state index in [0.29, 0.717) is 6.54 Å². The van der Waals surface area contributed by atoms with E-state index in [1.807, 2.05) is 35.8 Å². The molecule has 1 aromatic heterocycles. The summed E-state index contributed by atoms with van der Waals surface area (Å²) in [7, 11) is 0. The van der Waals surface area contributed by atoms with Crippen LogP contribution in [0, 0.1) is 0 Å². The normalized spacial score (nSPS) is 9.95. The third-order valence-electron chi connectivity index (χ3n) is 2.51. The van der Waals surface area contributed by atoms with Crippen molar-refractivity contribution in [2.24, 2.45) is 5.84 Å². The summed E-state index contributed by atoms with van der Waals surface area (Å²) in [6.07, 6.45) is 1.27. The van der Waals surface area contributed by atoms with Crippen LogP contribution in [0.2, 0.25) is 0 Å². The minimum Gasteiger partial charge on any atom is -0.347 e. The molecule has 0 spiro atoms. The minimum atomic E-state index is -0.619. The lowest BCUT2D eigenvalue weighted by atomic mass is 10.2. The second-order valence-corrected chi connectivity index (χ2v) is 3.77. The topological polar surface area (TPSA) is 113 Å². The smallest absolute Gasteiger partial charge is 0.286 e. The molecule has 19 heavy (non-hydrogen) atoms. The van der Waals surface area contributed by atoms with E-state index in [4.69, 9.17) is 5.84 Å². The van der Waals surface area contributed by atoms with Crippen molar-refractivity contribution >= 4 is 11.8 Å². The van der Waals surface area contributed by atoms with Crippen LogP contribution in [0.3, 0.4) is 0 Å². The van der Waals surface area contributed by atoms with Gasteiger partial charge in [-0.05, 0) is 5.56 Å². The van der Waals surface area contributed by atoms with Gasteiger partial charge in [-0.2, -0.15) is 0 Å². The van der Waals surface area contributed by atoms with Gasteiger partial charge in [-0.1, -0.05) is 30.3 Å². The number of hydrazine groups is 1. The fourth-order valence-corrected chi connectivity index (χ4v) is 1.57. The van der Waals surface area contributed by atoms with E-state index >= 15 is 0 Å². The van der Waals surface area contributed by atoms with Crippen molar-refractivity contribution < 1.29 is 9.59 Å². The molecule has 0 aliphatic rings. The number of nitrogen functional groups attached to an aromatic ring is 1. The lowest BCUT2D eigenvalue weighted by Crippen LogP contribution is -2.33. The number of hydrogen-bond donors (Lipinski definition) is 4. The summed E-state index contributed by atoms with van der Waals surface area (Å²) in [6, 6.07) is 9.43. The highest BCUT2D eigenvalue weighted by Gasteiger charge is 2.19. The Hall–Kier alpha value is -2.67. The van der Waals surface area contributed by atoms with E-state index in [-0.39, 0.29) is 11.4 Å². The van der Waals surface area contributed by atoms with Crippen molar-refractivity contribution in [3.8, 4) is 0 Å². The highest BCUT2D eigenvalue weighted by Crippen LogP contribution is 2.03. The van der Waals surface area contributed by atoms with Gasteiger partial charge in [0.15, 0.2) is 5.69 Å². The maximum Gasteiger partial charge on any atom is 0.286 e. The highest BCUT2D eigenvalue weighted by atomic mass is 16.2. The molecule has 0 saturated carbocycles. The first-order valence-electron chi connectivity index (χ1n) is 5.59. The molecule has 0 atom stereocenters. The van der Waals surface area contributed by atoms with E-state index in [0.717, 1.165) is 5.56 Å². The number of nitrogens with zero attached hydrogens (tertiary/aromatic N) is 1. The van der Waals surface area contributed by atoms with Crippen LogP contribution in [0.5, 0.6) is 0 Å². The van der Waals surface area contributed by atoms with E-state index < -0.39 is 11.8 Å². The molecule has 1 aromatic carbocycles. The summed E-state index contributed by atoms with van der Waals surface area (Å²) < 4.78 is 0. The van der Waals surface area contributed by atoms with Gasteiger partial charge in [0, 0.05) is 6.54 Å². The number of aromatic amines is 1. The molecule has 0 unspecified atom stereocenters. The number of imidazole rings is 1. The van der Waals surface area contributed by atoms with Gasteiger partial charge in [-0.15, -0.1) is 0 Å². The Bertz CT molecular complexity index is 579. The van der Waals surface area contributed by atoms with Gasteiger partial charge in [0.2, 0.25) is 0 Å². The Morgan fingerprint density at radius 3 is 2.63 bits per heavy atom. The standard InChI is InChI=1S/C12H13N5O2/c13-17-12(19)10-9(15-7-16-10)11(18)14-6-8-4-2-1-3-5-8/h1-5,7H,6,13H2,(H,14,18)(H,15,16)(H,17,19). The van der Waals surface area contributed by atoms with Crippen LogP contribution in [-0.2, 0) is 6.54 Å². The monoisotopic (exact) mass is 259 g/mol. The maximum absolute atomic E-state index is 11.9. The molecule has 5 N–H and O–H groups in total. The molecule has 7 heteroatoms. The second-order valence-electron chi connectivity index (χ2n) is 3.77. The van der Waals surface area contributed by atoms with Crippen LogP contribution in [-0.4, -0.2) is 21.8 Å². The molecule has 0 aliphatic carbocycles. The molecule has 2 rings (SSSR count). The summed E-state index contributed by atoms with van der Waals surface area (Å²) in [5.41, 5.74) is 2.94. The van der Waals surface area contributed by atoms with Crippen LogP contribution in [0.15, 0.2) is 36.7 Å². The molecule has 0 aliphatic heterocycles. The Kier molecular flexibility index (Phi) is 3.89. The lowest BCUT2D eigenvalue weighted by molar-refractivity contribution is 0.0913. The zero-order chi connectivity index (χ0) is 13.7. The number of H-pyrrole nitrogens is 1. The number of amides is 2. The van der Waals surface area contributed by atoms with Crippen molar-refractivity contribution in [2.45, 2.75) is 6.54 Å². The van der Waals surface area contributed by atoms with Gasteiger partial charge in [-0.3, -0.25) is 15.0 Å². The van der Waals surface area contributed by atoms with E-state index in [9.17, 15) is 9.59 Å². The first kappa shape index (κ1) is 12.8. The number of carbonyl (C=O) groups excluding carboxylic acids is 2. The number of carbonyl (C=O) groups is 2. The fourth-order valence-electron chi connectivity index (χ4n) is 1.57. The van der Waals surface area contributed by atoms with Crippen LogP contribution >= 0.6 is 0 Å². The van der Waals surface area contributed by atoms with Gasteiger partial charge in [-0.25, -0.2) is 10.8 Å². The third-order valence-corrected chi connectivity index (χ3v) is 2.51. The molecule has 1 heterocycles. The van der Waals surface area contributed by atoms with Crippen LogP contribution in [0.25, 0.3) is 0 Å². The lowest BCUT2D eigenvalue weighted by Gasteiger charge is -2.05. The van der Waals surface area contributed by atoms with Crippen molar-refractivity contribution in [3.63, 3.8) is 0 Å². The van der Waals surface area contributed by atoms with Crippen molar-refractivity contribution in [3.05, 3.63) is 53.6 Å². The van der Waals surface area contributed by atoms with Gasteiger partial charge in [0.25, 0.3) is 11.8 Å².